The minimum atomic E-state index is -0.319. The van der Waals surface area contributed by atoms with Crippen LogP contribution in [-0.2, 0) is 11.3 Å². The number of hydrogen-bond donors (Lipinski definition) is 2. The Hall–Kier alpha value is -2.96. The first-order valence-electron chi connectivity index (χ1n) is 7.80. The fraction of sp³-hybridized carbons (Fsp3) is 0.294. The molecule has 1 aliphatic carbocycles. The molecular formula is C17H19N5O2. The molecule has 2 amide bonds. The second-order valence-corrected chi connectivity index (χ2v) is 5.72. The van der Waals surface area contributed by atoms with E-state index in [1.54, 1.807) is 24.3 Å². The summed E-state index contributed by atoms with van der Waals surface area (Å²) in [5.41, 5.74) is 1.01. The van der Waals surface area contributed by atoms with Crippen LogP contribution in [0.15, 0.2) is 36.9 Å². The number of rotatable bonds is 6. The molecule has 2 aromatic rings. The Morgan fingerprint density at radius 3 is 2.88 bits per heavy atom. The molecule has 1 aromatic heterocycles. The Kier molecular flexibility index (Phi) is 4.41. The van der Waals surface area contributed by atoms with Gasteiger partial charge in [0.05, 0.1) is 6.54 Å². The summed E-state index contributed by atoms with van der Waals surface area (Å²) in [5.74, 6) is 1.09. The number of benzene rings is 1. The van der Waals surface area contributed by atoms with Gasteiger partial charge in [-0.15, -0.1) is 10.2 Å². The van der Waals surface area contributed by atoms with E-state index in [-0.39, 0.29) is 11.8 Å². The molecule has 1 heterocycles. The molecule has 1 aromatic carbocycles. The van der Waals surface area contributed by atoms with Crippen LogP contribution in [0.1, 0.15) is 40.9 Å². The van der Waals surface area contributed by atoms with E-state index in [1.807, 2.05) is 6.92 Å². The van der Waals surface area contributed by atoms with E-state index < -0.39 is 0 Å². The zero-order valence-corrected chi connectivity index (χ0v) is 13.5. The third-order valence-corrected chi connectivity index (χ3v) is 3.83. The summed E-state index contributed by atoms with van der Waals surface area (Å²) in [4.78, 5) is 23.7. The van der Waals surface area contributed by atoms with Gasteiger partial charge in [0, 0.05) is 17.3 Å². The van der Waals surface area contributed by atoms with Crippen LogP contribution in [0.3, 0.4) is 0 Å². The van der Waals surface area contributed by atoms with Gasteiger partial charge in [-0.25, -0.2) is 0 Å². The van der Waals surface area contributed by atoms with Crippen LogP contribution in [0.4, 0.5) is 5.69 Å². The predicted molar refractivity (Wildman–Crippen MR) is 89.5 cm³/mol. The lowest BCUT2D eigenvalue weighted by molar-refractivity contribution is -0.111. The highest BCUT2D eigenvalue weighted by Crippen LogP contribution is 2.36. The minimum Gasteiger partial charge on any atom is -0.345 e. The summed E-state index contributed by atoms with van der Waals surface area (Å²) < 4.78 is 2.08. The van der Waals surface area contributed by atoms with Crippen molar-refractivity contribution >= 4 is 17.5 Å². The highest BCUT2D eigenvalue weighted by molar-refractivity contribution is 6.00. The molecule has 24 heavy (non-hydrogen) atoms. The van der Waals surface area contributed by atoms with Gasteiger partial charge in [-0.2, -0.15) is 0 Å². The molecule has 3 rings (SSSR count). The van der Waals surface area contributed by atoms with E-state index in [9.17, 15) is 9.59 Å². The third-order valence-electron chi connectivity index (χ3n) is 3.83. The molecule has 0 radical (unpaired) electrons. The molecule has 0 atom stereocenters. The fourth-order valence-electron chi connectivity index (χ4n) is 2.53. The highest BCUT2D eigenvalue weighted by atomic mass is 16.2. The van der Waals surface area contributed by atoms with Crippen molar-refractivity contribution in [2.45, 2.75) is 32.4 Å². The topological polar surface area (TPSA) is 88.9 Å². The molecule has 0 saturated heterocycles. The molecule has 7 heteroatoms. The van der Waals surface area contributed by atoms with Crippen LogP contribution >= 0.6 is 0 Å². The lowest BCUT2D eigenvalue weighted by Gasteiger charge is -2.09. The Labute approximate surface area is 139 Å². The first kappa shape index (κ1) is 15.9. The fourth-order valence-corrected chi connectivity index (χ4v) is 2.53. The first-order valence-corrected chi connectivity index (χ1v) is 7.80. The molecule has 7 nitrogen and oxygen atoms in total. The van der Waals surface area contributed by atoms with Gasteiger partial charge < -0.3 is 15.2 Å². The monoisotopic (exact) mass is 325 g/mol. The molecular weight excluding hydrogens is 306 g/mol. The Morgan fingerprint density at radius 2 is 2.17 bits per heavy atom. The van der Waals surface area contributed by atoms with Crippen molar-refractivity contribution in [2.75, 3.05) is 5.32 Å². The normalized spacial score (nSPS) is 13.4. The van der Waals surface area contributed by atoms with Gasteiger partial charge in [-0.1, -0.05) is 12.6 Å². The van der Waals surface area contributed by atoms with Crippen molar-refractivity contribution in [1.29, 1.82) is 0 Å². The van der Waals surface area contributed by atoms with Crippen LogP contribution < -0.4 is 10.6 Å². The average Bonchev–Trinajstić information content (AvgIpc) is 3.35. The molecule has 124 valence electrons. The largest absolute Gasteiger partial charge is 0.345 e. The van der Waals surface area contributed by atoms with E-state index in [4.69, 9.17) is 0 Å². The number of carbonyl (C=O) groups is 2. The number of amides is 2. The summed E-state index contributed by atoms with van der Waals surface area (Å²) in [5, 5.41) is 13.7. The first-order chi connectivity index (χ1) is 11.6. The van der Waals surface area contributed by atoms with Crippen molar-refractivity contribution in [1.82, 2.24) is 20.1 Å². The maximum absolute atomic E-state index is 12.3. The van der Waals surface area contributed by atoms with E-state index >= 15 is 0 Å². The summed E-state index contributed by atoms with van der Waals surface area (Å²) in [6.07, 6.45) is 3.44. The zero-order valence-electron chi connectivity index (χ0n) is 13.5. The van der Waals surface area contributed by atoms with Gasteiger partial charge in [0.1, 0.15) is 5.82 Å². The molecule has 0 unspecified atom stereocenters. The molecule has 2 N–H and O–H groups in total. The van der Waals surface area contributed by atoms with Crippen LogP contribution in [0, 0.1) is 6.92 Å². The van der Waals surface area contributed by atoms with Crippen LogP contribution in [0.5, 0.6) is 0 Å². The average molecular weight is 325 g/mol. The van der Waals surface area contributed by atoms with Crippen molar-refractivity contribution in [3.63, 3.8) is 0 Å². The number of nitrogens with one attached hydrogen (secondary N) is 2. The quantitative estimate of drug-likeness (QED) is 0.795. The Morgan fingerprint density at radius 1 is 1.38 bits per heavy atom. The molecule has 0 aliphatic heterocycles. The number of carbonyl (C=O) groups excluding carboxylic acids is 2. The van der Waals surface area contributed by atoms with Gasteiger partial charge in [-0.3, -0.25) is 9.59 Å². The van der Waals surface area contributed by atoms with Gasteiger partial charge in [-0.05, 0) is 44.0 Å². The predicted octanol–water partition coefficient (Wildman–Crippen LogP) is 1.98. The van der Waals surface area contributed by atoms with Crippen LogP contribution in [0.2, 0.25) is 0 Å². The molecule has 1 aliphatic rings. The van der Waals surface area contributed by atoms with Crippen LogP contribution in [-0.4, -0.2) is 26.6 Å². The summed E-state index contributed by atoms with van der Waals surface area (Å²) in [6, 6.07) is 7.20. The van der Waals surface area contributed by atoms with Crippen molar-refractivity contribution < 1.29 is 9.59 Å². The third kappa shape index (κ3) is 3.51. The van der Waals surface area contributed by atoms with Crippen molar-refractivity contribution in [3.8, 4) is 0 Å². The van der Waals surface area contributed by atoms with Gasteiger partial charge in [0.25, 0.3) is 5.91 Å². The molecule has 1 saturated carbocycles. The lowest BCUT2D eigenvalue weighted by atomic mass is 10.2. The zero-order chi connectivity index (χ0) is 17.1. The maximum Gasteiger partial charge on any atom is 0.251 e. The van der Waals surface area contributed by atoms with Crippen molar-refractivity contribution in [3.05, 3.63) is 54.1 Å². The second kappa shape index (κ2) is 6.66. The van der Waals surface area contributed by atoms with E-state index in [0.29, 0.717) is 23.8 Å². The maximum atomic E-state index is 12.3. The second-order valence-electron chi connectivity index (χ2n) is 5.72. The van der Waals surface area contributed by atoms with E-state index in [2.05, 4.69) is 32.0 Å². The molecule has 1 fully saturated rings. The number of hydrogen-bond acceptors (Lipinski definition) is 4. The number of aromatic nitrogens is 3. The number of aryl methyl sites for hydroxylation is 1. The van der Waals surface area contributed by atoms with E-state index in [0.717, 1.165) is 24.5 Å². The standard InChI is InChI=1S/C17H19N5O2/c1-3-16(23)19-13-6-4-5-12(9-13)17(24)18-10-15-21-20-11(2)22(15)14-7-8-14/h3-6,9,14H,1,7-8,10H2,2H3,(H,18,24)(H,19,23). The number of anilines is 1. The molecule has 0 bridgehead atoms. The van der Waals surface area contributed by atoms with Gasteiger partial charge in [0.2, 0.25) is 5.91 Å². The Bertz CT molecular complexity index is 792. The number of nitrogens with zero attached hydrogens (tertiary/aromatic N) is 3. The SMILES string of the molecule is C=CC(=O)Nc1cccc(C(=O)NCc2nnc(C)n2C2CC2)c1. The van der Waals surface area contributed by atoms with E-state index in [1.165, 1.54) is 6.08 Å². The smallest absolute Gasteiger partial charge is 0.251 e. The minimum absolute atomic E-state index is 0.229. The Balaban J connectivity index is 1.66. The van der Waals surface area contributed by atoms with Gasteiger partial charge >= 0.3 is 0 Å². The summed E-state index contributed by atoms with van der Waals surface area (Å²) in [6.45, 7) is 5.64. The van der Waals surface area contributed by atoms with Gasteiger partial charge in [0.15, 0.2) is 5.82 Å². The van der Waals surface area contributed by atoms with Crippen LogP contribution in [0.25, 0.3) is 0 Å². The van der Waals surface area contributed by atoms with Crippen molar-refractivity contribution in [2.24, 2.45) is 0 Å². The highest BCUT2D eigenvalue weighted by Gasteiger charge is 2.28. The summed E-state index contributed by atoms with van der Waals surface area (Å²) in [7, 11) is 0. The summed E-state index contributed by atoms with van der Waals surface area (Å²) >= 11 is 0. The lowest BCUT2D eigenvalue weighted by Crippen LogP contribution is -2.25. The molecule has 0 spiro atoms.